The molecule has 9 heteroatoms. The first kappa shape index (κ1) is 22.6. The monoisotopic (exact) mass is 548 g/mol. The van der Waals surface area contributed by atoms with Gasteiger partial charge in [0.1, 0.15) is 12.4 Å². The maximum atomic E-state index is 12.2. The maximum Gasteiger partial charge on any atom is 0.271 e. The van der Waals surface area contributed by atoms with Crippen molar-refractivity contribution >= 4 is 44.0 Å². The Bertz CT molecular complexity index is 1120. The fraction of sp³-hybridized carbons (Fsp3) is 0.0909. The molecule has 0 saturated carbocycles. The van der Waals surface area contributed by atoms with Crippen LogP contribution in [-0.4, -0.2) is 27.4 Å². The van der Waals surface area contributed by atoms with Crippen molar-refractivity contribution in [3.8, 4) is 23.0 Å². The van der Waals surface area contributed by atoms with E-state index >= 15 is 0 Å². The summed E-state index contributed by atoms with van der Waals surface area (Å²) in [4.78, 5) is 12.2. The minimum Gasteiger partial charge on any atom is -0.504 e. The average molecular weight is 550 g/mol. The van der Waals surface area contributed by atoms with Crippen LogP contribution in [0.1, 0.15) is 27.0 Å². The van der Waals surface area contributed by atoms with Crippen molar-refractivity contribution in [3.63, 3.8) is 0 Å². The first-order valence-electron chi connectivity index (χ1n) is 9.01. The SMILES string of the molecule is Cc1cc(Br)c(OCc2ccc(C(=O)N/N=C\c3ccc(O)c(O)c3O)cc2)c(Br)c1. The van der Waals surface area contributed by atoms with Gasteiger partial charge in [-0.05, 0) is 86.3 Å². The van der Waals surface area contributed by atoms with Gasteiger partial charge in [-0.3, -0.25) is 4.79 Å². The molecule has 0 fully saturated rings. The van der Waals surface area contributed by atoms with Gasteiger partial charge in [0.15, 0.2) is 11.5 Å². The van der Waals surface area contributed by atoms with Crippen LogP contribution in [0.3, 0.4) is 0 Å². The molecular formula is C22H18Br2N2O5. The lowest BCUT2D eigenvalue weighted by atomic mass is 10.1. The molecule has 0 unspecified atom stereocenters. The number of phenolic OH excluding ortho intramolecular Hbond substituents is 3. The topological polar surface area (TPSA) is 111 Å². The number of hydrazone groups is 1. The van der Waals surface area contributed by atoms with Gasteiger partial charge in [0.2, 0.25) is 5.75 Å². The molecule has 160 valence electrons. The molecular weight excluding hydrogens is 532 g/mol. The number of amides is 1. The summed E-state index contributed by atoms with van der Waals surface area (Å²) in [5.41, 5.74) is 4.84. The van der Waals surface area contributed by atoms with Crippen molar-refractivity contribution in [3.05, 3.63) is 79.7 Å². The standard InChI is InChI=1S/C22H18Br2N2O5/c1-12-8-16(23)21(17(24)9-12)31-11-13-2-4-14(5-3-13)22(30)26-25-10-15-6-7-18(27)20(29)19(15)28/h2-10,27-29H,11H2,1H3,(H,26,30)/b25-10-. The number of carbonyl (C=O) groups is 1. The Morgan fingerprint density at radius 3 is 2.32 bits per heavy atom. The van der Waals surface area contributed by atoms with Gasteiger partial charge < -0.3 is 20.1 Å². The Morgan fingerprint density at radius 2 is 1.68 bits per heavy atom. The quantitative estimate of drug-likeness (QED) is 0.197. The molecule has 0 saturated heterocycles. The minimum absolute atomic E-state index is 0.136. The molecule has 31 heavy (non-hydrogen) atoms. The molecule has 0 aromatic heterocycles. The molecule has 0 spiro atoms. The third-order valence-corrected chi connectivity index (χ3v) is 5.45. The van der Waals surface area contributed by atoms with Crippen molar-refractivity contribution in [2.75, 3.05) is 0 Å². The van der Waals surface area contributed by atoms with Gasteiger partial charge in [-0.2, -0.15) is 5.10 Å². The highest BCUT2D eigenvalue weighted by atomic mass is 79.9. The summed E-state index contributed by atoms with van der Waals surface area (Å²) in [6.45, 7) is 2.31. The second-order valence-electron chi connectivity index (χ2n) is 6.61. The van der Waals surface area contributed by atoms with Crippen LogP contribution in [0.25, 0.3) is 0 Å². The van der Waals surface area contributed by atoms with E-state index in [1.807, 2.05) is 19.1 Å². The molecule has 0 aliphatic carbocycles. The van der Waals surface area contributed by atoms with Crippen LogP contribution in [0.15, 0.2) is 62.6 Å². The molecule has 3 rings (SSSR count). The number of hydrogen-bond acceptors (Lipinski definition) is 6. The van der Waals surface area contributed by atoms with E-state index in [4.69, 9.17) is 4.74 Å². The van der Waals surface area contributed by atoms with Crippen LogP contribution in [0, 0.1) is 6.92 Å². The molecule has 7 nitrogen and oxygen atoms in total. The van der Waals surface area contributed by atoms with Crippen LogP contribution in [0.2, 0.25) is 0 Å². The van der Waals surface area contributed by atoms with Crippen LogP contribution in [0.4, 0.5) is 0 Å². The highest BCUT2D eigenvalue weighted by molar-refractivity contribution is 9.11. The highest BCUT2D eigenvalue weighted by Gasteiger charge is 2.11. The van der Waals surface area contributed by atoms with E-state index < -0.39 is 23.2 Å². The number of aryl methyl sites for hydroxylation is 1. The summed E-state index contributed by atoms with van der Waals surface area (Å²) in [5, 5.41) is 32.3. The number of halogens is 2. The predicted molar refractivity (Wildman–Crippen MR) is 124 cm³/mol. The van der Waals surface area contributed by atoms with Crippen molar-refractivity contribution < 1.29 is 24.9 Å². The Kier molecular flexibility index (Phi) is 7.19. The predicted octanol–water partition coefficient (Wildman–Crippen LogP) is 4.98. The Balaban J connectivity index is 1.60. The smallest absolute Gasteiger partial charge is 0.271 e. The van der Waals surface area contributed by atoms with E-state index in [-0.39, 0.29) is 5.56 Å². The molecule has 0 aliphatic rings. The first-order valence-corrected chi connectivity index (χ1v) is 10.6. The molecule has 0 radical (unpaired) electrons. The van der Waals surface area contributed by atoms with Gasteiger partial charge >= 0.3 is 0 Å². The van der Waals surface area contributed by atoms with E-state index in [0.29, 0.717) is 17.9 Å². The van der Waals surface area contributed by atoms with E-state index in [1.54, 1.807) is 24.3 Å². The van der Waals surface area contributed by atoms with Crippen molar-refractivity contribution in [1.82, 2.24) is 5.43 Å². The second-order valence-corrected chi connectivity index (χ2v) is 8.32. The zero-order valence-corrected chi connectivity index (χ0v) is 19.4. The molecule has 3 aromatic carbocycles. The number of hydrogen-bond donors (Lipinski definition) is 4. The van der Waals surface area contributed by atoms with E-state index in [2.05, 4.69) is 42.4 Å². The number of nitrogens with one attached hydrogen (secondary N) is 1. The Morgan fingerprint density at radius 1 is 1.03 bits per heavy atom. The molecule has 0 bridgehead atoms. The van der Waals surface area contributed by atoms with Crippen LogP contribution in [-0.2, 0) is 6.61 Å². The van der Waals surface area contributed by atoms with E-state index in [1.165, 1.54) is 12.1 Å². The van der Waals surface area contributed by atoms with Gasteiger partial charge in [0, 0.05) is 11.1 Å². The lowest BCUT2D eigenvalue weighted by Gasteiger charge is -2.11. The van der Waals surface area contributed by atoms with Gasteiger partial charge in [-0.15, -0.1) is 0 Å². The Labute approximate surface area is 195 Å². The van der Waals surface area contributed by atoms with E-state index in [9.17, 15) is 20.1 Å². The van der Waals surface area contributed by atoms with Crippen molar-refractivity contribution in [1.29, 1.82) is 0 Å². The number of nitrogens with zero attached hydrogens (tertiary/aromatic N) is 1. The number of benzene rings is 3. The summed E-state index contributed by atoms with van der Waals surface area (Å²) < 4.78 is 7.57. The van der Waals surface area contributed by atoms with Gasteiger partial charge in [-0.1, -0.05) is 12.1 Å². The summed E-state index contributed by atoms with van der Waals surface area (Å²) in [6, 6.07) is 13.3. The lowest BCUT2D eigenvalue weighted by Crippen LogP contribution is -2.17. The number of phenols is 3. The van der Waals surface area contributed by atoms with Crippen LogP contribution in [0.5, 0.6) is 23.0 Å². The highest BCUT2D eigenvalue weighted by Crippen LogP contribution is 2.36. The normalized spacial score (nSPS) is 10.9. The number of ether oxygens (including phenoxy) is 1. The number of carbonyl (C=O) groups excluding carboxylic acids is 1. The molecule has 4 N–H and O–H groups in total. The zero-order chi connectivity index (χ0) is 22.5. The van der Waals surface area contributed by atoms with Crippen LogP contribution >= 0.6 is 31.9 Å². The molecule has 0 heterocycles. The minimum atomic E-state index is -0.655. The van der Waals surface area contributed by atoms with Gasteiger partial charge in [-0.25, -0.2) is 5.43 Å². The zero-order valence-electron chi connectivity index (χ0n) is 16.3. The summed E-state index contributed by atoms with van der Waals surface area (Å²) in [5.74, 6) is -1.39. The molecule has 0 atom stereocenters. The van der Waals surface area contributed by atoms with Gasteiger partial charge in [0.25, 0.3) is 5.91 Å². The molecule has 3 aromatic rings. The Hall–Kier alpha value is -3.04. The second kappa shape index (κ2) is 9.84. The number of rotatable bonds is 6. The maximum absolute atomic E-state index is 12.2. The largest absolute Gasteiger partial charge is 0.504 e. The van der Waals surface area contributed by atoms with Gasteiger partial charge in [0.05, 0.1) is 15.2 Å². The third kappa shape index (κ3) is 5.56. The average Bonchev–Trinajstić information content (AvgIpc) is 2.73. The molecule has 1 amide bonds. The summed E-state index contributed by atoms with van der Waals surface area (Å²) in [7, 11) is 0. The summed E-state index contributed by atoms with van der Waals surface area (Å²) >= 11 is 6.98. The van der Waals surface area contributed by atoms with Crippen molar-refractivity contribution in [2.24, 2.45) is 5.10 Å². The number of aromatic hydroxyl groups is 3. The van der Waals surface area contributed by atoms with E-state index in [0.717, 1.165) is 26.3 Å². The third-order valence-electron chi connectivity index (χ3n) is 4.27. The fourth-order valence-electron chi connectivity index (χ4n) is 2.65. The fourth-order valence-corrected chi connectivity index (χ4v) is 4.29. The van der Waals surface area contributed by atoms with Crippen molar-refractivity contribution in [2.45, 2.75) is 13.5 Å². The molecule has 0 aliphatic heterocycles. The first-order chi connectivity index (χ1) is 14.8. The summed E-state index contributed by atoms with van der Waals surface area (Å²) in [6.07, 6.45) is 1.16. The lowest BCUT2D eigenvalue weighted by molar-refractivity contribution is 0.0955. The van der Waals surface area contributed by atoms with Crippen LogP contribution < -0.4 is 10.2 Å².